The van der Waals surface area contributed by atoms with E-state index in [1.54, 1.807) is 6.92 Å². The Kier molecular flexibility index (Phi) is 6.12. The second-order valence-electron chi connectivity index (χ2n) is 9.44. The zero-order valence-corrected chi connectivity index (χ0v) is 20.3. The molecule has 0 saturated carbocycles. The monoisotopic (exact) mass is 465 g/mol. The Bertz CT molecular complexity index is 1250. The molecule has 0 bridgehead atoms. The summed E-state index contributed by atoms with van der Waals surface area (Å²) < 4.78 is 29.3. The van der Waals surface area contributed by atoms with Crippen LogP contribution in [0.1, 0.15) is 50.2 Å². The number of aryl methyl sites for hydroxylation is 2. The van der Waals surface area contributed by atoms with Gasteiger partial charge >= 0.3 is 6.03 Å². The minimum atomic E-state index is -0.847. The maximum Gasteiger partial charge on any atom is 0.328 e. The van der Waals surface area contributed by atoms with Gasteiger partial charge in [-0.3, -0.25) is 0 Å². The van der Waals surface area contributed by atoms with E-state index in [9.17, 15) is 13.6 Å². The summed E-state index contributed by atoms with van der Waals surface area (Å²) in [5, 5.41) is 6.30. The predicted octanol–water partition coefficient (Wildman–Crippen LogP) is 5.63. The van der Waals surface area contributed by atoms with E-state index in [1.807, 2.05) is 13.0 Å². The Morgan fingerprint density at radius 3 is 2.41 bits per heavy atom. The van der Waals surface area contributed by atoms with Crippen molar-refractivity contribution in [3.63, 3.8) is 0 Å². The molecule has 0 aliphatic carbocycles. The molecule has 4 rings (SSSR count). The number of carbonyl (C=O) groups excluding carboxylic acids is 1. The van der Waals surface area contributed by atoms with Crippen LogP contribution in [0.4, 0.5) is 25.1 Å². The molecule has 1 aliphatic rings. The number of carbonyl (C=O) groups is 1. The van der Waals surface area contributed by atoms with Gasteiger partial charge in [-0.15, -0.1) is 0 Å². The van der Waals surface area contributed by atoms with Crippen molar-refractivity contribution < 1.29 is 13.6 Å². The molecular formula is C26H29F2N5O. The van der Waals surface area contributed by atoms with Gasteiger partial charge in [0, 0.05) is 22.7 Å². The second kappa shape index (κ2) is 8.76. The quantitative estimate of drug-likeness (QED) is 0.512. The molecule has 0 saturated heterocycles. The van der Waals surface area contributed by atoms with Crippen LogP contribution in [-0.2, 0) is 12.1 Å². The summed E-state index contributed by atoms with van der Waals surface area (Å²) in [6.07, 6.45) is 0. The summed E-state index contributed by atoms with van der Waals surface area (Å²) in [6, 6.07) is 9.33. The molecule has 6 nitrogen and oxygen atoms in total. The van der Waals surface area contributed by atoms with Crippen molar-refractivity contribution in [1.82, 2.24) is 20.6 Å². The number of para-hydroxylation sites is 1. The SMILES string of the molecule is Cc1nc(-c2cc(C(C)(C)NC(C)C)ccc2C)c2c(n1)N(c1c(F)cccc1F)C(=O)NC2. The van der Waals surface area contributed by atoms with Gasteiger partial charge in [-0.1, -0.05) is 32.0 Å². The van der Waals surface area contributed by atoms with Crippen molar-refractivity contribution in [3.8, 4) is 11.3 Å². The number of fused-ring (bicyclic) bond motifs is 1. The number of nitrogens with zero attached hydrogens (tertiary/aromatic N) is 3. The smallest absolute Gasteiger partial charge is 0.328 e. The molecule has 3 aromatic rings. The Hall–Kier alpha value is -3.39. The first kappa shape index (κ1) is 23.8. The van der Waals surface area contributed by atoms with Crippen LogP contribution < -0.4 is 15.5 Å². The number of amides is 2. The maximum atomic E-state index is 14.7. The van der Waals surface area contributed by atoms with Crippen molar-refractivity contribution in [1.29, 1.82) is 0 Å². The summed E-state index contributed by atoms with van der Waals surface area (Å²) in [5.74, 6) is -1.12. The lowest BCUT2D eigenvalue weighted by Gasteiger charge is -2.32. The van der Waals surface area contributed by atoms with Crippen molar-refractivity contribution in [2.24, 2.45) is 0 Å². The number of anilines is 2. The van der Waals surface area contributed by atoms with Crippen molar-refractivity contribution in [3.05, 3.63) is 70.5 Å². The molecule has 0 radical (unpaired) electrons. The molecule has 1 aliphatic heterocycles. The fraction of sp³-hybridized carbons (Fsp3) is 0.346. The fourth-order valence-electron chi connectivity index (χ4n) is 4.47. The lowest BCUT2D eigenvalue weighted by Crippen LogP contribution is -2.43. The number of hydrogen-bond donors (Lipinski definition) is 2. The standard InChI is InChI=1S/C26H29F2N5O/c1-14(2)32-26(5,6)17-11-10-15(3)18(12-17)22-19-13-29-25(34)33(24(19)31-16(4)30-22)23-20(27)8-7-9-21(23)28/h7-12,14,32H,13H2,1-6H3,(H,29,34). The van der Waals surface area contributed by atoms with Gasteiger partial charge in [-0.2, -0.15) is 0 Å². The van der Waals surface area contributed by atoms with Gasteiger partial charge in [-0.05, 0) is 57.0 Å². The van der Waals surface area contributed by atoms with Crippen LogP contribution in [0.3, 0.4) is 0 Å². The van der Waals surface area contributed by atoms with E-state index in [1.165, 1.54) is 6.07 Å². The van der Waals surface area contributed by atoms with Crippen molar-refractivity contribution in [2.75, 3.05) is 4.90 Å². The summed E-state index contributed by atoms with van der Waals surface area (Å²) in [6.45, 7) is 12.3. The summed E-state index contributed by atoms with van der Waals surface area (Å²) in [5.41, 5.74) is 3.41. The van der Waals surface area contributed by atoms with Crippen molar-refractivity contribution in [2.45, 2.75) is 59.7 Å². The van der Waals surface area contributed by atoms with Gasteiger partial charge in [-0.25, -0.2) is 28.4 Å². The summed E-state index contributed by atoms with van der Waals surface area (Å²) >= 11 is 0. The van der Waals surface area contributed by atoms with Crippen LogP contribution >= 0.6 is 0 Å². The average Bonchev–Trinajstić information content (AvgIpc) is 2.74. The Labute approximate surface area is 198 Å². The highest BCUT2D eigenvalue weighted by atomic mass is 19.1. The number of hydrogen-bond acceptors (Lipinski definition) is 4. The highest BCUT2D eigenvalue weighted by Crippen LogP contribution is 2.39. The molecule has 178 valence electrons. The molecule has 0 unspecified atom stereocenters. The fourth-order valence-corrected chi connectivity index (χ4v) is 4.47. The minimum Gasteiger partial charge on any atom is -0.333 e. The van der Waals surface area contributed by atoms with Crippen LogP contribution in [0.2, 0.25) is 0 Å². The molecule has 2 N–H and O–H groups in total. The molecule has 2 aromatic carbocycles. The van der Waals surface area contributed by atoms with Gasteiger partial charge < -0.3 is 10.6 Å². The number of aromatic nitrogens is 2. The third-order valence-electron chi connectivity index (χ3n) is 5.95. The lowest BCUT2D eigenvalue weighted by molar-refractivity contribution is 0.246. The van der Waals surface area contributed by atoms with Crippen LogP contribution in [0.15, 0.2) is 36.4 Å². The van der Waals surface area contributed by atoms with Gasteiger partial charge in [0.1, 0.15) is 23.1 Å². The number of halogens is 2. The maximum absolute atomic E-state index is 14.7. The van der Waals surface area contributed by atoms with E-state index in [0.29, 0.717) is 17.1 Å². The Balaban J connectivity index is 1.92. The zero-order valence-electron chi connectivity index (χ0n) is 20.3. The van der Waals surface area contributed by atoms with Crippen molar-refractivity contribution >= 4 is 17.5 Å². The van der Waals surface area contributed by atoms with Gasteiger partial charge in [0.05, 0.1) is 12.2 Å². The normalized spacial score (nSPS) is 13.8. The van der Waals surface area contributed by atoms with E-state index >= 15 is 0 Å². The number of nitrogens with one attached hydrogen (secondary N) is 2. The second-order valence-corrected chi connectivity index (χ2v) is 9.44. The third kappa shape index (κ3) is 4.25. The molecule has 2 amide bonds. The van der Waals surface area contributed by atoms with E-state index in [4.69, 9.17) is 4.98 Å². The molecule has 2 heterocycles. The molecule has 8 heteroatoms. The molecule has 0 atom stereocenters. The molecular weight excluding hydrogens is 436 g/mol. The predicted molar refractivity (Wildman–Crippen MR) is 129 cm³/mol. The number of benzene rings is 2. The minimum absolute atomic E-state index is 0.146. The molecule has 0 fully saturated rings. The summed E-state index contributed by atoms with van der Waals surface area (Å²) in [7, 11) is 0. The van der Waals surface area contributed by atoms with Crippen LogP contribution in [0.25, 0.3) is 11.3 Å². The lowest BCUT2D eigenvalue weighted by atomic mass is 9.89. The van der Waals surface area contributed by atoms with E-state index in [0.717, 1.165) is 33.7 Å². The Morgan fingerprint density at radius 2 is 1.76 bits per heavy atom. The molecule has 0 spiro atoms. The highest BCUT2D eigenvalue weighted by Gasteiger charge is 2.34. The highest BCUT2D eigenvalue weighted by molar-refractivity contribution is 6.02. The van der Waals surface area contributed by atoms with Crippen LogP contribution in [-0.4, -0.2) is 22.0 Å². The first-order valence-electron chi connectivity index (χ1n) is 11.3. The topological polar surface area (TPSA) is 70.2 Å². The number of urea groups is 1. The Morgan fingerprint density at radius 1 is 1.09 bits per heavy atom. The first-order valence-corrected chi connectivity index (χ1v) is 11.3. The average molecular weight is 466 g/mol. The number of rotatable bonds is 5. The van der Waals surface area contributed by atoms with E-state index in [2.05, 4.69) is 55.4 Å². The van der Waals surface area contributed by atoms with Gasteiger partial charge in [0.15, 0.2) is 5.82 Å². The van der Waals surface area contributed by atoms with Gasteiger partial charge in [0.25, 0.3) is 0 Å². The van der Waals surface area contributed by atoms with Crippen LogP contribution in [0.5, 0.6) is 0 Å². The van der Waals surface area contributed by atoms with Crippen LogP contribution in [0, 0.1) is 25.5 Å². The van der Waals surface area contributed by atoms with E-state index < -0.39 is 23.4 Å². The zero-order chi connectivity index (χ0) is 24.8. The summed E-state index contributed by atoms with van der Waals surface area (Å²) in [4.78, 5) is 22.9. The molecule has 1 aromatic heterocycles. The largest absolute Gasteiger partial charge is 0.333 e. The van der Waals surface area contributed by atoms with Gasteiger partial charge in [0.2, 0.25) is 0 Å². The van der Waals surface area contributed by atoms with E-state index in [-0.39, 0.29) is 23.9 Å². The first-order chi connectivity index (χ1) is 16.0. The molecule has 34 heavy (non-hydrogen) atoms. The third-order valence-corrected chi connectivity index (χ3v) is 5.95.